The van der Waals surface area contributed by atoms with Crippen LogP contribution in [0.15, 0.2) is 32.5 Å². The molecule has 0 aliphatic carbocycles. The van der Waals surface area contributed by atoms with E-state index in [9.17, 15) is 4.39 Å². The molecule has 0 bridgehead atoms. The summed E-state index contributed by atoms with van der Waals surface area (Å²) in [5, 5.41) is 0. The molecule has 1 aromatic heterocycles. The van der Waals surface area contributed by atoms with Crippen LogP contribution in [0.3, 0.4) is 0 Å². The van der Waals surface area contributed by atoms with Crippen LogP contribution in [0.5, 0.6) is 0 Å². The van der Waals surface area contributed by atoms with Gasteiger partial charge in [0.05, 0.1) is 13.1 Å². The lowest BCUT2D eigenvalue weighted by atomic mass is 10.1. The first-order valence-corrected chi connectivity index (χ1v) is 8.15. The predicted octanol–water partition coefficient (Wildman–Crippen LogP) is 6.20. The molecule has 0 radical (unpaired) electrons. The van der Waals surface area contributed by atoms with Gasteiger partial charge in [-0.2, -0.15) is 0 Å². The lowest BCUT2D eigenvalue weighted by Gasteiger charge is -2.10. The topological polar surface area (TPSA) is 0 Å². The van der Waals surface area contributed by atoms with Crippen LogP contribution in [0, 0.1) is 12.7 Å². The molecule has 1 atom stereocenters. The van der Waals surface area contributed by atoms with Crippen LogP contribution < -0.4 is 0 Å². The van der Waals surface area contributed by atoms with Crippen LogP contribution in [0.2, 0.25) is 0 Å². The zero-order valence-electron chi connectivity index (χ0n) is 8.81. The van der Waals surface area contributed by atoms with E-state index in [1.165, 1.54) is 10.4 Å². The highest BCUT2D eigenvalue weighted by Gasteiger charge is 2.16. The molecule has 0 nitrogen and oxygen atoms in total. The van der Waals surface area contributed by atoms with Crippen LogP contribution in [0.4, 0.5) is 4.39 Å². The van der Waals surface area contributed by atoms with E-state index in [0.29, 0.717) is 4.47 Å². The van der Waals surface area contributed by atoms with Crippen molar-refractivity contribution in [3.05, 3.63) is 54.3 Å². The van der Waals surface area contributed by atoms with Crippen molar-refractivity contribution in [1.29, 1.82) is 0 Å². The van der Waals surface area contributed by atoms with Crippen molar-refractivity contribution in [2.24, 2.45) is 0 Å². The Labute approximate surface area is 129 Å². The summed E-state index contributed by atoms with van der Waals surface area (Å²) < 4.78 is 15.1. The van der Waals surface area contributed by atoms with E-state index in [1.54, 1.807) is 23.5 Å². The number of alkyl halides is 1. The van der Waals surface area contributed by atoms with Crippen molar-refractivity contribution in [2.75, 3.05) is 0 Å². The van der Waals surface area contributed by atoms with E-state index in [1.807, 2.05) is 6.07 Å². The Hall–Kier alpha value is 0.290. The summed E-state index contributed by atoms with van der Waals surface area (Å²) in [6, 6.07) is 7.27. The lowest BCUT2D eigenvalue weighted by Crippen LogP contribution is -1.93. The van der Waals surface area contributed by atoms with Gasteiger partial charge in [0.1, 0.15) is 5.82 Å². The van der Waals surface area contributed by atoms with Crippen molar-refractivity contribution in [3.8, 4) is 0 Å². The Morgan fingerprint density at radius 3 is 2.47 bits per heavy atom. The van der Waals surface area contributed by atoms with Gasteiger partial charge in [0.25, 0.3) is 0 Å². The number of hydrogen-bond acceptors (Lipinski definition) is 1. The summed E-state index contributed by atoms with van der Waals surface area (Å²) in [5.41, 5.74) is 2.09. The minimum Gasteiger partial charge on any atom is -0.206 e. The Morgan fingerprint density at radius 1 is 1.24 bits per heavy atom. The fourth-order valence-electron chi connectivity index (χ4n) is 1.56. The molecule has 1 unspecified atom stereocenters. The summed E-state index contributed by atoms with van der Waals surface area (Å²) in [5.74, 6) is -0.237. The normalized spacial score (nSPS) is 12.8. The number of hydrogen-bond donors (Lipinski definition) is 0. The molecular formula is C12H8Br3FS. The van der Waals surface area contributed by atoms with E-state index in [0.717, 1.165) is 9.35 Å². The molecule has 1 aromatic carbocycles. The average Bonchev–Trinajstić information content (AvgIpc) is 2.61. The second-order valence-electron chi connectivity index (χ2n) is 3.60. The molecule has 0 saturated carbocycles. The molecule has 0 aliphatic heterocycles. The van der Waals surface area contributed by atoms with Crippen LogP contribution in [-0.2, 0) is 0 Å². The molecule has 0 amide bonds. The Bertz CT molecular complexity index is 551. The van der Waals surface area contributed by atoms with Crippen LogP contribution >= 0.6 is 59.1 Å². The van der Waals surface area contributed by atoms with Gasteiger partial charge in [-0.1, -0.05) is 22.0 Å². The highest BCUT2D eigenvalue weighted by Crippen LogP contribution is 2.39. The zero-order valence-corrected chi connectivity index (χ0v) is 14.4. The van der Waals surface area contributed by atoms with E-state index >= 15 is 0 Å². The standard InChI is InChI=1S/C12H8Br3FS/c1-6-8(5-11(14)17-6)12(15)7-2-3-9(13)10(16)4-7/h2-5,12H,1H3. The summed E-state index contributed by atoms with van der Waals surface area (Å²) in [6.07, 6.45) is 0. The predicted molar refractivity (Wildman–Crippen MR) is 81.6 cm³/mol. The minimum atomic E-state index is -0.237. The van der Waals surface area contributed by atoms with Gasteiger partial charge in [-0.15, -0.1) is 11.3 Å². The van der Waals surface area contributed by atoms with E-state index in [-0.39, 0.29) is 10.6 Å². The van der Waals surface area contributed by atoms with Gasteiger partial charge in [0.2, 0.25) is 0 Å². The average molecular weight is 443 g/mol. The van der Waals surface area contributed by atoms with E-state index in [2.05, 4.69) is 60.8 Å². The summed E-state index contributed by atoms with van der Waals surface area (Å²) in [6.45, 7) is 2.06. The van der Waals surface area contributed by atoms with Crippen LogP contribution in [0.1, 0.15) is 20.8 Å². The Kier molecular flexibility index (Phi) is 4.45. The highest BCUT2D eigenvalue weighted by molar-refractivity contribution is 9.11. The third kappa shape index (κ3) is 3.00. The molecule has 2 rings (SSSR count). The van der Waals surface area contributed by atoms with Gasteiger partial charge >= 0.3 is 0 Å². The second kappa shape index (κ2) is 5.51. The third-order valence-corrected chi connectivity index (χ3v) is 5.67. The van der Waals surface area contributed by atoms with Gasteiger partial charge in [-0.25, -0.2) is 4.39 Å². The molecule has 90 valence electrons. The fraction of sp³-hybridized carbons (Fsp3) is 0.167. The monoisotopic (exact) mass is 440 g/mol. The molecule has 0 saturated heterocycles. The molecule has 0 fully saturated rings. The van der Waals surface area contributed by atoms with Crippen LogP contribution in [-0.4, -0.2) is 0 Å². The molecule has 0 spiro atoms. The molecular weight excluding hydrogens is 435 g/mol. The van der Waals surface area contributed by atoms with Gasteiger partial charge in [-0.3, -0.25) is 0 Å². The van der Waals surface area contributed by atoms with E-state index < -0.39 is 0 Å². The lowest BCUT2D eigenvalue weighted by molar-refractivity contribution is 0.619. The molecule has 0 N–H and O–H groups in total. The molecule has 5 heteroatoms. The van der Waals surface area contributed by atoms with Gasteiger partial charge in [-0.05, 0) is 68.1 Å². The van der Waals surface area contributed by atoms with E-state index in [4.69, 9.17) is 0 Å². The van der Waals surface area contributed by atoms with Gasteiger partial charge < -0.3 is 0 Å². The molecule has 1 heterocycles. The summed E-state index contributed by atoms with van der Waals surface area (Å²) >= 11 is 11.9. The van der Waals surface area contributed by atoms with Crippen molar-refractivity contribution in [3.63, 3.8) is 0 Å². The molecule has 2 aromatic rings. The number of benzene rings is 1. The smallest absolute Gasteiger partial charge is 0.137 e. The number of rotatable bonds is 2. The first-order chi connectivity index (χ1) is 7.99. The van der Waals surface area contributed by atoms with Crippen molar-refractivity contribution < 1.29 is 4.39 Å². The summed E-state index contributed by atoms with van der Waals surface area (Å²) in [7, 11) is 0. The largest absolute Gasteiger partial charge is 0.206 e. The maximum absolute atomic E-state index is 13.5. The first-order valence-electron chi connectivity index (χ1n) is 4.84. The Balaban J connectivity index is 2.40. The number of aryl methyl sites for hydroxylation is 1. The van der Waals surface area contributed by atoms with Gasteiger partial charge in [0, 0.05) is 4.88 Å². The quantitative estimate of drug-likeness (QED) is 0.485. The minimum absolute atomic E-state index is 0.0210. The number of thiophene rings is 1. The maximum Gasteiger partial charge on any atom is 0.137 e. The van der Waals surface area contributed by atoms with Crippen molar-refractivity contribution in [1.82, 2.24) is 0 Å². The Morgan fingerprint density at radius 2 is 1.94 bits per heavy atom. The van der Waals surface area contributed by atoms with Crippen LogP contribution in [0.25, 0.3) is 0 Å². The highest BCUT2D eigenvalue weighted by atomic mass is 79.9. The van der Waals surface area contributed by atoms with Gasteiger partial charge in [0.15, 0.2) is 0 Å². The number of halogens is 4. The zero-order chi connectivity index (χ0) is 12.6. The third-order valence-electron chi connectivity index (χ3n) is 2.44. The fourth-order valence-corrected chi connectivity index (χ4v) is 4.47. The molecule has 0 aliphatic rings. The molecule has 17 heavy (non-hydrogen) atoms. The first kappa shape index (κ1) is 13.7. The maximum atomic E-state index is 13.5. The van der Waals surface area contributed by atoms with Crippen molar-refractivity contribution >= 4 is 59.1 Å². The van der Waals surface area contributed by atoms with Crippen molar-refractivity contribution in [2.45, 2.75) is 11.8 Å². The summed E-state index contributed by atoms with van der Waals surface area (Å²) in [4.78, 5) is 1.25. The SMILES string of the molecule is Cc1sc(Br)cc1C(Br)c1ccc(Br)c(F)c1. The second-order valence-corrected chi connectivity index (χ2v) is 8.00.